The molecule has 1 aliphatic rings. The van der Waals surface area contributed by atoms with Gasteiger partial charge < -0.3 is 5.11 Å². The van der Waals surface area contributed by atoms with E-state index in [1.807, 2.05) is 30.3 Å². The van der Waals surface area contributed by atoms with Crippen molar-refractivity contribution in [2.75, 3.05) is 17.0 Å². The van der Waals surface area contributed by atoms with Crippen molar-refractivity contribution < 1.29 is 23.1 Å². The second-order valence-electron chi connectivity index (χ2n) is 7.45. The number of nitrogens with one attached hydrogen (secondary N) is 1. The maximum absolute atomic E-state index is 12.8. The first kappa shape index (κ1) is 22.2. The fourth-order valence-electron chi connectivity index (χ4n) is 3.59. The Labute approximate surface area is 190 Å². The summed E-state index contributed by atoms with van der Waals surface area (Å²) in [7, 11) is -3.86. The van der Waals surface area contributed by atoms with Crippen molar-refractivity contribution in [3.63, 3.8) is 0 Å². The molecule has 0 spiro atoms. The number of nitrogens with zero attached hydrogens (tertiary/aromatic N) is 1. The summed E-state index contributed by atoms with van der Waals surface area (Å²) in [6.45, 7) is -0.186. The normalized spacial score (nSPS) is 14.7. The van der Waals surface area contributed by atoms with Crippen molar-refractivity contribution >= 4 is 50.1 Å². The van der Waals surface area contributed by atoms with Gasteiger partial charge in [0.25, 0.3) is 0 Å². The van der Waals surface area contributed by atoms with E-state index in [0.717, 1.165) is 9.80 Å². The van der Waals surface area contributed by atoms with Crippen LogP contribution in [0.4, 0.5) is 5.69 Å². The van der Waals surface area contributed by atoms with Crippen molar-refractivity contribution in [1.29, 1.82) is 0 Å². The van der Waals surface area contributed by atoms with E-state index >= 15 is 0 Å². The van der Waals surface area contributed by atoms with E-state index in [0.29, 0.717) is 27.8 Å². The highest BCUT2D eigenvalue weighted by molar-refractivity contribution is 7.99. The quantitative estimate of drug-likeness (QED) is 0.400. The molecule has 32 heavy (non-hydrogen) atoms. The largest absolute Gasteiger partial charge is 0.506 e. The summed E-state index contributed by atoms with van der Waals surface area (Å²) < 4.78 is 28.2. The number of amides is 2. The molecule has 1 saturated heterocycles. The first-order valence-corrected chi connectivity index (χ1v) is 12.6. The zero-order chi connectivity index (χ0) is 22.7. The van der Waals surface area contributed by atoms with Crippen molar-refractivity contribution in [2.24, 2.45) is 0 Å². The van der Waals surface area contributed by atoms with E-state index in [2.05, 4.69) is 4.72 Å². The monoisotopic (exact) mass is 470 g/mol. The Morgan fingerprint density at radius 1 is 0.938 bits per heavy atom. The SMILES string of the molecule is O=C1CCCC(=O)N1CCS(=O)(=O)Nc1cc(Sc2ccccc2)c(O)c2ccccc12. The number of imide groups is 1. The van der Waals surface area contributed by atoms with Gasteiger partial charge in [-0.05, 0) is 24.6 Å². The Kier molecular flexibility index (Phi) is 6.38. The molecular formula is C23H22N2O5S2. The number of piperidine rings is 1. The van der Waals surface area contributed by atoms with Gasteiger partial charge in [-0.15, -0.1) is 0 Å². The first-order valence-electron chi connectivity index (χ1n) is 10.2. The number of hydrogen-bond acceptors (Lipinski definition) is 6. The predicted molar refractivity (Wildman–Crippen MR) is 124 cm³/mol. The Morgan fingerprint density at radius 3 is 2.25 bits per heavy atom. The average molecular weight is 471 g/mol. The lowest BCUT2D eigenvalue weighted by Gasteiger charge is -2.24. The van der Waals surface area contributed by atoms with E-state index in [9.17, 15) is 23.1 Å². The van der Waals surface area contributed by atoms with Gasteiger partial charge in [0.2, 0.25) is 21.8 Å². The van der Waals surface area contributed by atoms with E-state index < -0.39 is 15.8 Å². The van der Waals surface area contributed by atoms with Gasteiger partial charge >= 0.3 is 0 Å². The number of hydrogen-bond donors (Lipinski definition) is 2. The van der Waals surface area contributed by atoms with Gasteiger partial charge in [0.15, 0.2) is 0 Å². The van der Waals surface area contributed by atoms with Gasteiger partial charge in [-0.1, -0.05) is 54.2 Å². The van der Waals surface area contributed by atoms with Crippen LogP contribution >= 0.6 is 11.8 Å². The van der Waals surface area contributed by atoms with Crippen LogP contribution < -0.4 is 4.72 Å². The molecule has 3 aromatic rings. The number of sulfonamides is 1. The van der Waals surface area contributed by atoms with E-state index in [-0.39, 0.29) is 37.0 Å². The molecule has 2 amide bonds. The predicted octanol–water partition coefficient (Wildman–Crippen LogP) is 3.98. The molecule has 2 N–H and O–H groups in total. The molecule has 0 saturated carbocycles. The molecule has 1 heterocycles. The van der Waals surface area contributed by atoms with Crippen LogP contribution in [0.2, 0.25) is 0 Å². The maximum atomic E-state index is 12.8. The summed E-state index contributed by atoms with van der Waals surface area (Å²) in [5.74, 6) is -1.01. The van der Waals surface area contributed by atoms with Crippen molar-refractivity contribution in [1.82, 2.24) is 4.90 Å². The van der Waals surface area contributed by atoms with Gasteiger partial charge in [-0.25, -0.2) is 8.42 Å². The second-order valence-corrected chi connectivity index (χ2v) is 10.4. The van der Waals surface area contributed by atoms with Crippen LogP contribution in [0, 0.1) is 0 Å². The van der Waals surface area contributed by atoms with Crippen LogP contribution in [0.15, 0.2) is 70.5 Å². The number of phenolic OH excluding ortho intramolecular Hbond substituents is 1. The molecule has 3 aromatic carbocycles. The molecule has 166 valence electrons. The Morgan fingerprint density at radius 2 is 1.56 bits per heavy atom. The molecule has 0 aromatic heterocycles. The van der Waals surface area contributed by atoms with E-state index in [4.69, 9.17) is 0 Å². The average Bonchev–Trinajstić information content (AvgIpc) is 2.77. The Hall–Kier alpha value is -3.04. The molecule has 7 nitrogen and oxygen atoms in total. The minimum atomic E-state index is -3.86. The number of rotatable bonds is 7. The van der Waals surface area contributed by atoms with Crippen molar-refractivity contribution in [2.45, 2.75) is 29.1 Å². The first-order chi connectivity index (χ1) is 15.3. The lowest BCUT2D eigenvalue weighted by Crippen LogP contribution is -2.43. The van der Waals surface area contributed by atoms with Gasteiger partial charge in [0.05, 0.1) is 16.3 Å². The minimum absolute atomic E-state index is 0.0712. The molecular weight excluding hydrogens is 448 g/mol. The van der Waals surface area contributed by atoms with Gasteiger partial charge in [-0.2, -0.15) is 0 Å². The summed E-state index contributed by atoms with van der Waals surface area (Å²) in [5.41, 5.74) is 0.327. The molecule has 1 aliphatic heterocycles. The molecule has 4 rings (SSSR count). The third-order valence-electron chi connectivity index (χ3n) is 5.18. The van der Waals surface area contributed by atoms with Crippen LogP contribution in [0.1, 0.15) is 19.3 Å². The zero-order valence-corrected chi connectivity index (χ0v) is 18.8. The fourth-order valence-corrected chi connectivity index (χ4v) is 5.55. The van der Waals surface area contributed by atoms with Crippen LogP contribution in [0.3, 0.4) is 0 Å². The number of fused-ring (bicyclic) bond motifs is 1. The highest BCUT2D eigenvalue weighted by Crippen LogP contribution is 2.42. The van der Waals surface area contributed by atoms with Crippen LogP contribution in [-0.2, 0) is 19.6 Å². The summed E-state index contributed by atoms with van der Waals surface area (Å²) in [4.78, 5) is 26.4. The highest BCUT2D eigenvalue weighted by Gasteiger charge is 2.27. The fraction of sp³-hybridized carbons (Fsp3) is 0.217. The summed E-state index contributed by atoms with van der Waals surface area (Å²) in [6, 6.07) is 18.0. The molecule has 0 unspecified atom stereocenters. The maximum Gasteiger partial charge on any atom is 0.234 e. The third-order valence-corrected chi connectivity index (χ3v) is 7.47. The summed E-state index contributed by atoms with van der Waals surface area (Å²) in [6.07, 6.45) is 1.00. The number of aromatic hydroxyl groups is 1. The minimum Gasteiger partial charge on any atom is -0.506 e. The molecule has 0 atom stereocenters. The van der Waals surface area contributed by atoms with Crippen LogP contribution in [-0.4, -0.2) is 42.5 Å². The number of anilines is 1. The standard InChI is InChI=1S/C23H22N2O5S2/c26-21-11-6-12-22(27)25(21)13-14-32(29,30)24-19-15-20(31-16-7-2-1-3-8-16)23(28)18-10-5-4-9-17(18)19/h1-5,7-10,15,24,28H,6,11-14H2. The van der Waals surface area contributed by atoms with Crippen molar-refractivity contribution in [3.8, 4) is 5.75 Å². The smallest absolute Gasteiger partial charge is 0.234 e. The highest BCUT2D eigenvalue weighted by atomic mass is 32.2. The lowest BCUT2D eigenvalue weighted by atomic mass is 10.1. The lowest BCUT2D eigenvalue weighted by molar-refractivity contribution is -0.147. The molecule has 0 bridgehead atoms. The Balaban J connectivity index is 1.62. The van der Waals surface area contributed by atoms with Gasteiger partial charge in [0, 0.05) is 35.1 Å². The summed E-state index contributed by atoms with van der Waals surface area (Å²) >= 11 is 1.32. The van der Waals surface area contributed by atoms with Gasteiger partial charge in [-0.3, -0.25) is 19.2 Å². The molecule has 1 fully saturated rings. The van der Waals surface area contributed by atoms with Gasteiger partial charge in [0.1, 0.15) is 5.75 Å². The number of phenols is 1. The van der Waals surface area contributed by atoms with E-state index in [1.54, 1.807) is 30.3 Å². The number of carbonyl (C=O) groups excluding carboxylic acids is 2. The third kappa shape index (κ3) is 4.89. The number of carbonyl (C=O) groups is 2. The van der Waals surface area contributed by atoms with Crippen molar-refractivity contribution in [3.05, 3.63) is 60.7 Å². The molecule has 0 radical (unpaired) electrons. The van der Waals surface area contributed by atoms with Crippen LogP contribution in [0.25, 0.3) is 10.8 Å². The number of benzene rings is 3. The van der Waals surface area contributed by atoms with E-state index in [1.165, 1.54) is 11.8 Å². The zero-order valence-electron chi connectivity index (χ0n) is 17.2. The number of likely N-dealkylation sites (tertiary alicyclic amines) is 1. The second kappa shape index (κ2) is 9.22. The Bertz CT molecular complexity index is 1260. The summed E-state index contributed by atoms with van der Waals surface area (Å²) in [5, 5.41) is 11.9. The molecule has 9 heteroatoms. The van der Waals surface area contributed by atoms with Crippen LogP contribution in [0.5, 0.6) is 5.75 Å². The molecule has 0 aliphatic carbocycles. The topological polar surface area (TPSA) is 104 Å².